The average Bonchev–Trinajstić information content (AvgIpc) is 2.05. The van der Waals surface area contributed by atoms with Crippen molar-refractivity contribution in [3.63, 3.8) is 0 Å². The lowest BCUT2D eigenvalue weighted by Crippen LogP contribution is -2.34. The summed E-state index contributed by atoms with van der Waals surface area (Å²) in [5.41, 5.74) is 0. The number of aliphatic hydroxyl groups is 1. The number of hydrogen-bond donors (Lipinski definition) is 2. The minimum atomic E-state index is -0.363. The number of carbonyl (C=O) groups excluding carboxylic acids is 1. The summed E-state index contributed by atoms with van der Waals surface area (Å²) in [6.45, 7) is 1.56. The minimum Gasteiger partial charge on any atom is -0.395 e. The summed E-state index contributed by atoms with van der Waals surface area (Å²) in [4.78, 5) is 12.7. The van der Waals surface area contributed by atoms with E-state index >= 15 is 0 Å². The first-order valence-electron chi connectivity index (χ1n) is 4.35. The van der Waals surface area contributed by atoms with Gasteiger partial charge in [0.2, 0.25) is 5.91 Å². The molecule has 0 heterocycles. The van der Waals surface area contributed by atoms with E-state index in [0.29, 0.717) is 19.6 Å². The van der Waals surface area contributed by atoms with Gasteiger partial charge in [0.15, 0.2) is 0 Å². The van der Waals surface area contributed by atoms with Gasteiger partial charge in [-0.25, -0.2) is 5.11 Å². The highest BCUT2D eigenvalue weighted by molar-refractivity contribution is 5.75. The maximum absolute atomic E-state index is 10.8. The normalized spacial score (nSPS) is 10.5. The molecule has 0 aliphatic heterocycles. The van der Waals surface area contributed by atoms with E-state index in [1.807, 2.05) is 11.9 Å². The predicted molar refractivity (Wildman–Crippen MR) is 47.8 cm³/mol. The van der Waals surface area contributed by atoms with Crippen molar-refractivity contribution >= 4 is 5.91 Å². The lowest BCUT2D eigenvalue weighted by atomic mass is 10.4. The fourth-order valence-corrected chi connectivity index (χ4v) is 0.850. The summed E-state index contributed by atoms with van der Waals surface area (Å²) >= 11 is 0. The first kappa shape index (κ1) is 12.3. The zero-order valence-electron chi connectivity index (χ0n) is 7.95. The zero-order chi connectivity index (χ0) is 10.1. The molecule has 0 fully saturated rings. The van der Waals surface area contributed by atoms with E-state index in [4.69, 9.17) is 5.11 Å². The number of nitrogens with zero attached hydrogens (tertiary/aromatic N) is 1. The zero-order valence-corrected chi connectivity index (χ0v) is 7.95. The van der Waals surface area contributed by atoms with Gasteiger partial charge in [-0.15, -0.1) is 0 Å². The monoisotopic (exact) mass is 189 g/mol. The van der Waals surface area contributed by atoms with Crippen LogP contribution in [0.5, 0.6) is 0 Å². The molecule has 77 valence electrons. The van der Waals surface area contributed by atoms with Crippen LogP contribution >= 0.6 is 0 Å². The minimum absolute atomic E-state index is 0.0454. The van der Waals surface area contributed by atoms with Gasteiger partial charge >= 0.3 is 0 Å². The smallest absolute Gasteiger partial charge is 0.222 e. The van der Waals surface area contributed by atoms with Crippen LogP contribution in [0.4, 0.5) is 0 Å². The van der Waals surface area contributed by atoms with E-state index in [1.165, 1.54) is 0 Å². The van der Waals surface area contributed by atoms with Crippen LogP contribution in [0.3, 0.4) is 0 Å². The molecule has 0 saturated carbocycles. The van der Waals surface area contributed by atoms with Gasteiger partial charge in [-0.2, -0.15) is 0 Å². The molecule has 0 aliphatic carbocycles. The van der Waals surface area contributed by atoms with E-state index in [1.54, 1.807) is 0 Å². The fraction of sp³-hybridized carbons (Fsp3) is 0.875. The van der Waals surface area contributed by atoms with Gasteiger partial charge in [-0.1, -0.05) is 0 Å². The number of rotatable bonds is 7. The summed E-state index contributed by atoms with van der Waals surface area (Å²) in [5.74, 6) is -0.201. The Hall–Kier alpha value is -0.650. The average molecular weight is 189 g/mol. The largest absolute Gasteiger partial charge is 0.395 e. The number of hydrogen-bond acceptors (Lipinski definition) is 3. The third kappa shape index (κ3) is 7.70. The van der Waals surface area contributed by atoms with E-state index in [2.05, 4.69) is 5.32 Å². The van der Waals surface area contributed by atoms with Crippen LogP contribution in [0.15, 0.2) is 0 Å². The van der Waals surface area contributed by atoms with E-state index in [-0.39, 0.29) is 25.5 Å². The topological polar surface area (TPSA) is 72.5 Å². The molecule has 0 aromatic heterocycles. The molecule has 0 aliphatic rings. The molecule has 0 atom stereocenters. The molecule has 1 amide bonds. The quantitative estimate of drug-likeness (QED) is 0.531. The fourth-order valence-electron chi connectivity index (χ4n) is 0.850. The van der Waals surface area contributed by atoms with Crippen LogP contribution < -0.4 is 5.32 Å². The van der Waals surface area contributed by atoms with Crippen molar-refractivity contribution in [1.82, 2.24) is 10.2 Å². The summed E-state index contributed by atoms with van der Waals surface area (Å²) in [6, 6.07) is 0. The van der Waals surface area contributed by atoms with Crippen LogP contribution in [-0.4, -0.2) is 55.8 Å². The Morgan fingerprint density at radius 3 is 2.69 bits per heavy atom. The van der Waals surface area contributed by atoms with Gasteiger partial charge in [0, 0.05) is 19.6 Å². The van der Waals surface area contributed by atoms with Gasteiger partial charge in [-0.3, -0.25) is 4.79 Å². The molecule has 0 aromatic rings. The van der Waals surface area contributed by atoms with Crippen LogP contribution in [0, 0.1) is 0 Å². The molecule has 5 heteroatoms. The Morgan fingerprint density at radius 1 is 1.46 bits per heavy atom. The summed E-state index contributed by atoms with van der Waals surface area (Å²) in [6.07, 6.45) is 0.0454. The van der Waals surface area contributed by atoms with Crippen LogP contribution in [0.25, 0.3) is 0 Å². The van der Waals surface area contributed by atoms with Crippen LogP contribution in [0.2, 0.25) is 0 Å². The van der Waals surface area contributed by atoms with E-state index in [9.17, 15) is 9.90 Å². The maximum Gasteiger partial charge on any atom is 0.222 e. The highest BCUT2D eigenvalue weighted by Gasteiger charge is 2.00. The molecule has 5 nitrogen and oxygen atoms in total. The molecule has 0 unspecified atom stereocenters. The van der Waals surface area contributed by atoms with Crippen molar-refractivity contribution in [2.75, 3.05) is 39.9 Å². The second-order valence-corrected chi connectivity index (χ2v) is 2.83. The molecule has 0 aromatic carbocycles. The van der Waals surface area contributed by atoms with Gasteiger partial charge < -0.3 is 15.3 Å². The standard InChI is InChI=1S/C8H17N2O3/c1-10(5-7-12)4-3-9-8(13)2-6-11/h12H,2-7H2,1H3,(H,9,13). The Balaban J connectivity index is 3.28. The molecular weight excluding hydrogens is 172 g/mol. The molecular formula is C8H17N2O3. The van der Waals surface area contributed by atoms with Gasteiger partial charge in [-0.05, 0) is 7.05 Å². The number of amides is 1. The first-order valence-corrected chi connectivity index (χ1v) is 4.35. The SMILES string of the molecule is CN(CCO)CCNC(=O)CC[O]. The predicted octanol–water partition coefficient (Wildman–Crippen LogP) is -1.15. The molecule has 1 radical (unpaired) electrons. The number of carbonyl (C=O) groups is 1. The second kappa shape index (κ2) is 7.97. The molecule has 13 heavy (non-hydrogen) atoms. The van der Waals surface area contributed by atoms with Crippen molar-refractivity contribution in [3.8, 4) is 0 Å². The van der Waals surface area contributed by atoms with Crippen molar-refractivity contribution in [2.24, 2.45) is 0 Å². The molecule has 0 bridgehead atoms. The Bertz CT molecular complexity index is 141. The van der Waals surface area contributed by atoms with Crippen molar-refractivity contribution < 1.29 is 15.0 Å². The van der Waals surface area contributed by atoms with Crippen molar-refractivity contribution in [1.29, 1.82) is 0 Å². The molecule has 0 saturated heterocycles. The van der Waals surface area contributed by atoms with Crippen molar-refractivity contribution in [3.05, 3.63) is 0 Å². The van der Waals surface area contributed by atoms with Crippen LogP contribution in [-0.2, 0) is 9.90 Å². The maximum atomic E-state index is 10.8. The Morgan fingerprint density at radius 2 is 2.15 bits per heavy atom. The second-order valence-electron chi connectivity index (χ2n) is 2.83. The van der Waals surface area contributed by atoms with Gasteiger partial charge in [0.05, 0.1) is 19.6 Å². The number of aliphatic hydroxyl groups excluding tert-OH is 1. The number of likely N-dealkylation sites (N-methyl/N-ethyl adjacent to an activating group) is 1. The van der Waals surface area contributed by atoms with E-state index < -0.39 is 0 Å². The molecule has 0 rings (SSSR count). The molecule has 0 spiro atoms. The lowest BCUT2D eigenvalue weighted by molar-refractivity contribution is -0.122. The summed E-state index contributed by atoms with van der Waals surface area (Å²) in [5, 5.41) is 21.2. The highest BCUT2D eigenvalue weighted by atomic mass is 16.3. The molecule has 2 N–H and O–H groups in total. The highest BCUT2D eigenvalue weighted by Crippen LogP contribution is 1.80. The van der Waals surface area contributed by atoms with Gasteiger partial charge in [0.1, 0.15) is 0 Å². The third-order valence-corrected chi connectivity index (χ3v) is 1.63. The van der Waals surface area contributed by atoms with Crippen LogP contribution in [0.1, 0.15) is 6.42 Å². The Labute approximate surface area is 78.4 Å². The van der Waals surface area contributed by atoms with Crippen molar-refractivity contribution in [2.45, 2.75) is 6.42 Å². The first-order chi connectivity index (χ1) is 6.20. The third-order valence-electron chi connectivity index (χ3n) is 1.63. The summed E-state index contributed by atoms with van der Waals surface area (Å²) < 4.78 is 0. The van der Waals surface area contributed by atoms with Gasteiger partial charge in [0.25, 0.3) is 0 Å². The lowest BCUT2D eigenvalue weighted by Gasteiger charge is -2.14. The number of nitrogens with one attached hydrogen (secondary N) is 1. The summed E-state index contributed by atoms with van der Waals surface area (Å²) in [7, 11) is 1.86. The van der Waals surface area contributed by atoms with E-state index in [0.717, 1.165) is 0 Å². The Kier molecular flexibility index (Phi) is 7.57.